The van der Waals surface area contributed by atoms with E-state index in [2.05, 4.69) is 20.8 Å². The van der Waals surface area contributed by atoms with E-state index in [1.54, 1.807) is 0 Å². The molecule has 0 spiro atoms. The van der Waals surface area contributed by atoms with Crippen molar-refractivity contribution >= 4 is 11.9 Å². The van der Waals surface area contributed by atoms with E-state index in [-0.39, 0.29) is 24.1 Å². The number of amides is 1. The minimum atomic E-state index is -0.384. The summed E-state index contributed by atoms with van der Waals surface area (Å²) in [4.78, 5) is 11.8. The third-order valence-electron chi connectivity index (χ3n) is 3.25. The van der Waals surface area contributed by atoms with Crippen molar-refractivity contribution < 1.29 is 13.9 Å². The van der Waals surface area contributed by atoms with Gasteiger partial charge in [0.25, 0.3) is 5.91 Å². The molecule has 2 N–H and O–H groups in total. The minimum Gasteiger partial charge on any atom is -0.406 e. The fraction of sp³-hybridized carbons (Fsp3) is 0.727. The van der Waals surface area contributed by atoms with E-state index in [0.29, 0.717) is 12.5 Å². The van der Waals surface area contributed by atoms with Gasteiger partial charge in [-0.25, -0.2) is 0 Å². The molecule has 0 radical (unpaired) electrons. The number of ether oxygens (including phenoxy) is 1. The molecule has 2 saturated heterocycles. The van der Waals surface area contributed by atoms with Gasteiger partial charge in [0.05, 0.1) is 6.04 Å². The van der Waals surface area contributed by atoms with Crippen molar-refractivity contribution in [3.8, 4) is 0 Å². The van der Waals surface area contributed by atoms with Crippen molar-refractivity contribution in [3.63, 3.8) is 0 Å². The Morgan fingerprint density at radius 1 is 1.33 bits per heavy atom. The average Bonchev–Trinajstić information content (AvgIpc) is 3.12. The lowest BCUT2D eigenvalue weighted by Gasteiger charge is -2.07. The second kappa shape index (κ2) is 5.03. The Balaban J connectivity index is 1.60. The molecule has 1 aromatic rings. The Hall–Kier alpha value is -1.47. The lowest BCUT2D eigenvalue weighted by molar-refractivity contribution is -0.124. The summed E-state index contributed by atoms with van der Waals surface area (Å²) in [5.41, 5.74) is 0. The van der Waals surface area contributed by atoms with E-state index in [0.717, 1.165) is 32.2 Å². The van der Waals surface area contributed by atoms with Crippen molar-refractivity contribution in [1.82, 2.24) is 15.5 Å². The van der Waals surface area contributed by atoms with Gasteiger partial charge in [-0.1, -0.05) is 5.10 Å². The zero-order valence-corrected chi connectivity index (χ0v) is 10.0. The maximum Gasteiger partial charge on any atom is 0.322 e. The number of aromatic nitrogens is 2. The van der Waals surface area contributed by atoms with Crippen LogP contribution in [0, 0.1) is 0 Å². The summed E-state index contributed by atoms with van der Waals surface area (Å²) < 4.78 is 10.7. The Morgan fingerprint density at radius 2 is 2.28 bits per heavy atom. The van der Waals surface area contributed by atoms with Crippen LogP contribution in [0.2, 0.25) is 0 Å². The van der Waals surface area contributed by atoms with Gasteiger partial charge in [-0.2, -0.15) is 0 Å². The predicted octanol–water partition coefficient (Wildman–Crippen LogP) is 0.612. The first-order chi connectivity index (χ1) is 8.83. The molecule has 2 atom stereocenters. The summed E-state index contributed by atoms with van der Waals surface area (Å²) in [6.07, 6.45) is 3.37. The van der Waals surface area contributed by atoms with Crippen molar-refractivity contribution in [2.75, 3.05) is 18.5 Å². The van der Waals surface area contributed by atoms with E-state index in [4.69, 9.17) is 9.15 Å². The van der Waals surface area contributed by atoms with Crippen LogP contribution in [0.25, 0.3) is 0 Å². The van der Waals surface area contributed by atoms with Gasteiger partial charge in [0.1, 0.15) is 6.10 Å². The highest BCUT2D eigenvalue weighted by atomic mass is 16.5. The van der Waals surface area contributed by atoms with Gasteiger partial charge in [-0.3, -0.25) is 10.1 Å². The van der Waals surface area contributed by atoms with Crippen LogP contribution in [0.15, 0.2) is 4.42 Å². The first-order valence-electron chi connectivity index (χ1n) is 6.32. The number of hydrogen-bond acceptors (Lipinski definition) is 6. The summed E-state index contributed by atoms with van der Waals surface area (Å²) in [5, 5.41) is 13.6. The molecule has 3 rings (SSSR count). The molecule has 7 heteroatoms. The smallest absolute Gasteiger partial charge is 0.322 e. The summed E-state index contributed by atoms with van der Waals surface area (Å²) in [6, 6.07) is 0.269. The second-order valence-electron chi connectivity index (χ2n) is 4.59. The average molecular weight is 252 g/mol. The Bertz CT molecular complexity index is 422. The van der Waals surface area contributed by atoms with Gasteiger partial charge in [-0.15, -0.1) is 5.10 Å². The molecule has 2 aliphatic rings. The fourth-order valence-corrected chi connectivity index (χ4v) is 2.29. The van der Waals surface area contributed by atoms with Crippen LogP contribution in [0.3, 0.4) is 0 Å². The third kappa shape index (κ3) is 2.37. The number of nitrogens with zero attached hydrogens (tertiary/aromatic N) is 2. The molecule has 0 bridgehead atoms. The summed E-state index contributed by atoms with van der Waals surface area (Å²) in [6.45, 7) is 1.60. The molecule has 1 aromatic heterocycles. The van der Waals surface area contributed by atoms with Gasteiger partial charge in [0, 0.05) is 6.61 Å². The number of nitrogens with one attached hydrogen (secondary N) is 2. The van der Waals surface area contributed by atoms with Crippen LogP contribution in [0.4, 0.5) is 6.01 Å². The van der Waals surface area contributed by atoms with Crippen LogP contribution in [0.5, 0.6) is 0 Å². The number of carbonyl (C=O) groups excluding carboxylic acids is 1. The van der Waals surface area contributed by atoms with Crippen molar-refractivity contribution in [1.29, 1.82) is 0 Å². The Labute approximate surface area is 104 Å². The summed E-state index contributed by atoms with van der Waals surface area (Å²) in [7, 11) is 0. The minimum absolute atomic E-state index is 0.117. The Morgan fingerprint density at radius 3 is 3.00 bits per heavy atom. The number of hydrogen-bond donors (Lipinski definition) is 2. The maximum atomic E-state index is 11.8. The van der Waals surface area contributed by atoms with Crippen molar-refractivity contribution in [2.45, 2.75) is 37.8 Å². The van der Waals surface area contributed by atoms with Gasteiger partial charge in [0.15, 0.2) is 0 Å². The van der Waals surface area contributed by atoms with Crippen molar-refractivity contribution in [2.24, 2.45) is 0 Å². The Kier molecular flexibility index (Phi) is 3.24. The summed E-state index contributed by atoms with van der Waals surface area (Å²) >= 11 is 0. The number of carbonyl (C=O) groups is 1. The first-order valence-corrected chi connectivity index (χ1v) is 6.32. The van der Waals surface area contributed by atoms with E-state index >= 15 is 0 Å². The number of anilines is 1. The summed E-state index contributed by atoms with van der Waals surface area (Å²) in [5.74, 6) is 0.331. The molecule has 7 nitrogen and oxygen atoms in total. The lowest BCUT2D eigenvalue weighted by Crippen LogP contribution is -2.26. The maximum absolute atomic E-state index is 11.8. The van der Waals surface area contributed by atoms with Gasteiger partial charge in [-0.05, 0) is 32.2 Å². The van der Waals surface area contributed by atoms with Crippen LogP contribution in [-0.4, -0.2) is 35.4 Å². The lowest BCUT2D eigenvalue weighted by atomic mass is 10.2. The fourth-order valence-electron chi connectivity index (χ4n) is 2.29. The molecule has 1 unspecified atom stereocenters. The van der Waals surface area contributed by atoms with Crippen LogP contribution < -0.4 is 10.6 Å². The molecule has 18 heavy (non-hydrogen) atoms. The zero-order chi connectivity index (χ0) is 12.4. The van der Waals surface area contributed by atoms with Crippen LogP contribution >= 0.6 is 0 Å². The topological polar surface area (TPSA) is 89.3 Å². The molecule has 2 aliphatic heterocycles. The van der Waals surface area contributed by atoms with Gasteiger partial charge < -0.3 is 14.5 Å². The van der Waals surface area contributed by atoms with Gasteiger partial charge >= 0.3 is 6.01 Å². The monoisotopic (exact) mass is 252 g/mol. The van der Waals surface area contributed by atoms with Crippen LogP contribution in [0.1, 0.15) is 37.6 Å². The molecule has 98 valence electrons. The number of rotatable bonds is 3. The van der Waals surface area contributed by atoms with E-state index < -0.39 is 0 Å². The molecule has 0 saturated carbocycles. The van der Waals surface area contributed by atoms with E-state index in [9.17, 15) is 4.79 Å². The molecule has 0 aromatic carbocycles. The second-order valence-corrected chi connectivity index (χ2v) is 4.59. The van der Waals surface area contributed by atoms with Gasteiger partial charge in [0.2, 0.25) is 5.89 Å². The molecule has 0 aliphatic carbocycles. The standard InChI is InChI=1S/C11H16N4O3/c16-9(8-4-2-6-17-8)13-11-15-14-10(18-11)7-3-1-5-12-7/h7-8,12H,1-6H2,(H,13,15,16)/t7?,8-/m1/s1. The predicted molar refractivity (Wildman–Crippen MR) is 61.9 cm³/mol. The van der Waals surface area contributed by atoms with E-state index in [1.165, 1.54) is 0 Å². The quantitative estimate of drug-likeness (QED) is 0.819. The first kappa shape index (κ1) is 11.6. The van der Waals surface area contributed by atoms with Crippen molar-refractivity contribution in [3.05, 3.63) is 5.89 Å². The zero-order valence-electron chi connectivity index (χ0n) is 10.0. The molecule has 1 amide bonds. The molecule has 3 heterocycles. The largest absolute Gasteiger partial charge is 0.406 e. The third-order valence-corrected chi connectivity index (χ3v) is 3.25. The SMILES string of the molecule is O=C(Nc1nnc(C2CCCN2)o1)[C@H]1CCCO1. The highest BCUT2D eigenvalue weighted by Gasteiger charge is 2.26. The van der Waals surface area contributed by atoms with Crippen LogP contribution in [-0.2, 0) is 9.53 Å². The highest BCUT2D eigenvalue weighted by molar-refractivity contribution is 5.92. The normalized spacial score (nSPS) is 27.6. The molecule has 2 fully saturated rings. The molecular formula is C11H16N4O3. The molecular weight excluding hydrogens is 236 g/mol. The van der Waals surface area contributed by atoms with E-state index in [1.807, 2.05) is 0 Å². The highest BCUT2D eigenvalue weighted by Crippen LogP contribution is 2.23.